The summed E-state index contributed by atoms with van der Waals surface area (Å²) in [7, 11) is 0. The van der Waals surface area contributed by atoms with Gasteiger partial charge in [-0.25, -0.2) is 0 Å². The van der Waals surface area contributed by atoms with Gasteiger partial charge in [0.05, 0.1) is 5.70 Å². The first-order chi connectivity index (χ1) is 5.81. The lowest BCUT2D eigenvalue weighted by Crippen LogP contribution is -2.19. The second-order valence-corrected chi connectivity index (χ2v) is 2.61. The van der Waals surface area contributed by atoms with E-state index in [0.29, 0.717) is 11.4 Å². The van der Waals surface area contributed by atoms with Gasteiger partial charge in [0.1, 0.15) is 0 Å². The van der Waals surface area contributed by atoms with Crippen LogP contribution in [0.5, 0.6) is 0 Å². The van der Waals surface area contributed by atoms with Crippen molar-refractivity contribution in [3.8, 4) is 0 Å². The van der Waals surface area contributed by atoms with Crippen molar-refractivity contribution in [2.75, 3.05) is 0 Å². The fourth-order valence-corrected chi connectivity index (χ4v) is 1.17. The van der Waals surface area contributed by atoms with E-state index < -0.39 is 0 Å². The Bertz CT molecular complexity index is 274. The van der Waals surface area contributed by atoms with Gasteiger partial charge in [-0.2, -0.15) is 4.79 Å². The molecule has 0 saturated carbocycles. The third-order valence-electron chi connectivity index (χ3n) is 1.89. The minimum Gasteiger partial charge on any atom is -0.361 e. The molecule has 0 saturated heterocycles. The third kappa shape index (κ3) is 1.61. The number of hydroxylamine groups is 1. The van der Waals surface area contributed by atoms with E-state index in [0.717, 1.165) is 6.42 Å². The predicted molar refractivity (Wildman–Crippen MR) is 44.6 cm³/mol. The Morgan fingerprint density at radius 1 is 1.75 bits per heavy atom. The van der Waals surface area contributed by atoms with Crippen molar-refractivity contribution in [3.05, 3.63) is 29.5 Å². The van der Waals surface area contributed by atoms with Crippen molar-refractivity contribution in [1.82, 2.24) is 5.48 Å². The monoisotopic (exact) mass is 165 g/mol. The molecule has 1 unspecified atom stereocenters. The molecule has 0 radical (unpaired) electrons. The molecule has 1 aliphatic carbocycles. The molecule has 0 aromatic carbocycles. The minimum atomic E-state index is 0.181. The highest BCUT2D eigenvalue weighted by Gasteiger charge is 2.16. The molecule has 0 aromatic rings. The van der Waals surface area contributed by atoms with Crippen LogP contribution in [0.3, 0.4) is 0 Å². The van der Waals surface area contributed by atoms with E-state index in [1.807, 2.05) is 13.0 Å². The van der Waals surface area contributed by atoms with E-state index in [-0.39, 0.29) is 5.92 Å². The largest absolute Gasteiger partial charge is 0.361 e. The summed E-state index contributed by atoms with van der Waals surface area (Å²) in [4.78, 5) is 3.02. The van der Waals surface area contributed by atoms with E-state index in [1.165, 1.54) is 0 Å². The molecule has 0 aromatic heterocycles. The summed E-state index contributed by atoms with van der Waals surface area (Å²) in [5.41, 5.74) is 11.6. The highest BCUT2D eigenvalue weighted by molar-refractivity contribution is 6.01. The zero-order valence-electron chi connectivity index (χ0n) is 6.86. The van der Waals surface area contributed by atoms with Crippen molar-refractivity contribution in [1.29, 1.82) is 0 Å². The maximum atomic E-state index is 8.72. The first-order valence-corrected chi connectivity index (χ1v) is 3.83. The molecule has 64 valence electrons. The third-order valence-corrected chi connectivity index (χ3v) is 1.89. The molecule has 1 aliphatic rings. The maximum Gasteiger partial charge on any atom is 0.316 e. The molecule has 1 rings (SSSR count). The van der Waals surface area contributed by atoms with Crippen LogP contribution in [0, 0.1) is 5.92 Å². The van der Waals surface area contributed by atoms with Gasteiger partial charge in [-0.1, -0.05) is 13.0 Å². The predicted octanol–water partition coefficient (Wildman–Crippen LogP) is 1.12. The van der Waals surface area contributed by atoms with E-state index in [9.17, 15) is 0 Å². The van der Waals surface area contributed by atoms with Gasteiger partial charge in [0.2, 0.25) is 0 Å². The van der Waals surface area contributed by atoms with Gasteiger partial charge in [0, 0.05) is 18.1 Å². The number of rotatable bonds is 2. The summed E-state index contributed by atoms with van der Waals surface area (Å²) < 4.78 is 0. The van der Waals surface area contributed by atoms with E-state index in [2.05, 4.69) is 10.3 Å². The summed E-state index contributed by atoms with van der Waals surface area (Å²) in [5.74, 6) is 0.181. The van der Waals surface area contributed by atoms with Crippen LogP contribution in [0.15, 0.2) is 23.9 Å². The van der Waals surface area contributed by atoms with Crippen LogP contribution >= 0.6 is 0 Å². The number of nitrogens with zero attached hydrogens (tertiary/aromatic N) is 2. The first-order valence-electron chi connectivity index (χ1n) is 3.83. The van der Waals surface area contributed by atoms with Crippen LogP contribution in [0.4, 0.5) is 0 Å². The lowest BCUT2D eigenvalue weighted by Gasteiger charge is -2.14. The van der Waals surface area contributed by atoms with Crippen molar-refractivity contribution >= 4 is 5.71 Å². The average molecular weight is 165 g/mol. The molecule has 0 fully saturated rings. The Hall–Kier alpha value is -1.38. The van der Waals surface area contributed by atoms with Crippen LogP contribution in [0.2, 0.25) is 0 Å². The summed E-state index contributed by atoms with van der Waals surface area (Å²) in [6, 6.07) is 0. The summed E-state index contributed by atoms with van der Waals surface area (Å²) >= 11 is 0. The Morgan fingerprint density at radius 2 is 2.50 bits per heavy atom. The van der Waals surface area contributed by atoms with Gasteiger partial charge in [0.25, 0.3) is 0 Å². The molecule has 2 N–H and O–H groups in total. The van der Waals surface area contributed by atoms with Gasteiger partial charge in [0.15, 0.2) is 0 Å². The summed E-state index contributed by atoms with van der Waals surface area (Å²) in [5, 5.41) is 8.72. The summed E-state index contributed by atoms with van der Waals surface area (Å²) in [6.07, 6.45) is 6.10. The van der Waals surface area contributed by atoms with Gasteiger partial charge in [-0.3, -0.25) is 10.7 Å². The Balaban J connectivity index is 2.90. The second kappa shape index (κ2) is 3.85. The lowest BCUT2D eigenvalue weighted by atomic mass is 9.96. The number of allylic oxidation sites excluding steroid dienone is 3. The molecule has 0 bridgehead atoms. The van der Waals surface area contributed by atoms with Crippen molar-refractivity contribution in [3.63, 3.8) is 0 Å². The fraction of sp³-hybridized carbons (Fsp3) is 0.375. The summed E-state index contributed by atoms with van der Waals surface area (Å²) in [6.45, 7) is 2.02. The fourth-order valence-electron chi connectivity index (χ4n) is 1.17. The Labute approximate surface area is 70.8 Å². The number of hydrogen-bond acceptors (Lipinski definition) is 2. The second-order valence-electron chi connectivity index (χ2n) is 2.61. The minimum absolute atomic E-state index is 0.181. The molecule has 0 amide bonds. The Kier molecular flexibility index (Phi) is 2.80. The highest BCUT2D eigenvalue weighted by atomic mass is 16.5. The van der Waals surface area contributed by atoms with Crippen LogP contribution in [0.1, 0.15) is 13.3 Å². The molecular weight excluding hydrogens is 154 g/mol. The van der Waals surface area contributed by atoms with Crippen LogP contribution in [-0.2, 0) is 0 Å². The van der Waals surface area contributed by atoms with Gasteiger partial charge >= 0.3 is 5.71 Å². The molecule has 12 heavy (non-hydrogen) atoms. The SMILES string of the molecule is CCC1C=CC(=[N+]=[N-])C=C1NO. The number of nitrogens with one attached hydrogen (secondary N) is 1. The molecule has 1 atom stereocenters. The van der Waals surface area contributed by atoms with Crippen LogP contribution in [-0.4, -0.2) is 15.7 Å². The highest BCUT2D eigenvalue weighted by Crippen LogP contribution is 2.17. The first kappa shape index (κ1) is 8.71. The normalized spacial score (nSPS) is 21.7. The quantitative estimate of drug-likeness (QED) is 0.365. The standard InChI is InChI=1S/C8H11N3O/c1-2-6-3-4-7(10-9)5-8(6)11-12/h3-6,11-12H,2H2,1H3. The lowest BCUT2D eigenvalue weighted by molar-refractivity contribution is -0.00198. The average Bonchev–Trinajstić information content (AvgIpc) is 2.16. The van der Waals surface area contributed by atoms with Gasteiger partial charge < -0.3 is 5.53 Å². The zero-order valence-corrected chi connectivity index (χ0v) is 6.86. The van der Waals surface area contributed by atoms with Crippen molar-refractivity contribution in [2.45, 2.75) is 13.3 Å². The van der Waals surface area contributed by atoms with Crippen molar-refractivity contribution in [2.24, 2.45) is 5.92 Å². The van der Waals surface area contributed by atoms with Crippen LogP contribution in [0.25, 0.3) is 5.53 Å². The smallest absolute Gasteiger partial charge is 0.316 e. The van der Waals surface area contributed by atoms with E-state index >= 15 is 0 Å². The zero-order chi connectivity index (χ0) is 8.97. The van der Waals surface area contributed by atoms with Gasteiger partial charge in [-0.15, -0.1) is 0 Å². The molecule has 0 spiro atoms. The van der Waals surface area contributed by atoms with Gasteiger partial charge in [-0.05, 0) is 6.42 Å². The molecule has 4 heteroatoms. The topological polar surface area (TPSA) is 68.7 Å². The van der Waals surface area contributed by atoms with E-state index in [4.69, 9.17) is 10.7 Å². The molecular formula is C8H11N3O. The molecule has 0 heterocycles. The molecule has 0 aliphatic heterocycles. The number of hydrogen-bond donors (Lipinski definition) is 2. The van der Waals surface area contributed by atoms with E-state index in [1.54, 1.807) is 12.2 Å². The van der Waals surface area contributed by atoms with Crippen LogP contribution < -0.4 is 5.48 Å². The Morgan fingerprint density at radius 3 is 3.00 bits per heavy atom. The maximum absolute atomic E-state index is 8.72. The molecule has 4 nitrogen and oxygen atoms in total. The van der Waals surface area contributed by atoms with Crippen molar-refractivity contribution < 1.29 is 10.00 Å².